The molecule has 3 aliphatic rings. The van der Waals surface area contributed by atoms with E-state index in [0.29, 0.717) is 11.3 Å². The number of Topliss-reactive ketones (excluding diaryl/α,β-unsaturated/α-hetero) is 2. The summed E-state index contributed by atoms with van der Waals surface area (Å²) >= 11 is 5.54. The molecule has 1 aliphatic carbocycles. The molecule has 2 amide bonds. The fourth-order valence-corrected chi connectivity index (χ4v) is 5.94. The van der Waals surface area contributed by atoms with E-state index in [0.717, 1.165) is 12.9 Å². The van der Waals surface area contributed by atoms with Crippen LogP contribution in [0.3, 0.4) is 0 Å². The third-order valence-corrected chi connectivity index (χ3v) is 8.05. The van der Waals surface area contributed by atoms with Crippen molar-refractivity contribution < 1.29 is 23.9 Å². The molecule has 6 rings (SSSR count). The zero-order valence-corrected chi connectivity index (χ0v) is 21.1. The van der Waals surface area contributed by atoms with E-state index in [1.165, 1.54) is 0 Å². The lowest BCUT2D eigenvalue weighted by molar-refractivity contribution is -0.127. The number of imide groups is 1. The highest BCUT2D eigenvalue weighted by atomic mass is 127. The molecule has 168 valence electrons. The summed E-state index contributed by atoms with van der Waals surface area (Å²) in [4.78, 5) is 56.1. The molecule has 1 spiro atoms. The molecule has 3 aromatic rings. The van der Waals surface area contributed by atoms with Gasteiger partial charge in [0, 0.05) is 19.2 Å². The number of hydrogen-bond acceptors (Lipinski definition) is 5. The number of hydrogen-bond donors (Lipinski definition) is 0. The van der Waals surface area contributed by atoms with Crippen LogP contribution in [-0.2, 0) is 14.3 Å². The predicted octanol–water partition coefficient (Wildman–Crippen LogP) is 4.75. The summed E-state index contributed by atoms with van der Waals surface area (Å²) in [7, 11) is 0. The highest BCUT2D eigenvalue weighted by Gasteiger charge is 2.74. The highest BCUT2D eigenvalue weighted by Crippen LogP contribution is 2.57. The van der Waals surface area contributed by atoms with E-state index in [-0.39, 0.29) is 11.1 Å². The van der Waals surface area contributed by atoms with E-state index < -0.39 is 46.9 Å². The first-order valence-corrected chi connectivity index (χ1v) is 12.5. The lowest BCUT2D eigenvalue weighted by Gasteiger charge is -2.27. The van der Waals surface area contributed by atoms with E-state index in [4.69, 9.17) is 4.74 Å². The Bertz CT molecular complexity index is 1370. The largest absolute Gasteiger partial charge is 0.349 e. The number of amides is 2. The molecule has 2 saturated heterocycles. The second-order valence-electron chi connectivity index (χ2n) is 8.52. The van der Waals surface area contributed by atoms with Gasteiger partial charge in [-0.05, 0) is 64.6 Å². The first-order chi connectivity index (χ1) is 16.3. The van der Waals surface area contributed by atoms with Gasteiger partial charge in [0.25, 0.3) is 0 Å². The summed E-state index contributed by atoms with van der Waals surface area (Å²) in [6, 6.07) is 20.6. The molecule has 2 fully saturated rings. The molecule has 2 heterocycles. The quantitative estimate of drug-likeness (QED) is 0.233. The van der Waals surface area contributed by atoms with Crippen LogP contribution in [0.25, 0.3) is 0 Å². The summed E-state index contributed by atoms with van der Waals surface area (Å²) in [5, 5.41) is 0. The maximum atomic E-state index is 13.8. The molecule has 3 aromatic carbocycles. The average molecular weight is 628 g/mol. The number of halogens is 2. The van der Waals surface area contributed by atoms with Crippen molar-refractivity contribution >= 4 is 67.6 Å². The van der Waals surface area contributed by atoms with Crippen LogP contribution >= 0.6 is 38.5 Å². The average Bonchev–Trinajstić information content (AvgIpc) is 3.40. The van der Waals surface area contributed by atoms with Gasteiger partial charge in [-0.3, -0.25) is 19.2 Å². The van der Waals surface area contributed by atoms with E-state index in [1.54, 1.807) is 72.8 Å². The van der Waals surface area contributed by atoms with Crippen molar-refractivity contribution in [2.75, 3.05) is 4.90 Å². The van der Waals surface area contributed by atoms with Crippen LogP contribution in [0.1, 0.15) is 32.4 Å². The second kappa shape index (κ2) is 7.66. The molecule has 0 radical (unpaired) electrons. The molecular formula is C26H15BrINO5. The smallest absolute Gasteiger partial charge is 0.241 e. The molecule has 3 atom stereocenters. The number of carbonyl (C=O) groups excluding carboxylic acids is 4. The fourth-order valence-electron chi connectivity index (χ4n) is 5.32. The Balaban J connectivity index is 1.54. The van der Waals surface area contributed by atoms with Crippen LogP contribution in [0.4, 0.5) is 5.69 Å². The number of ether oxygens (including phenoxy) is 1. The van der Waals surface area contributed by atoms with Crippen molar-refractivity contribution in [2.24, 2.45) is 11.8 Å². The van der Waals surface area contributed by atoms with Gasteiger partial charge < -0.3 is 4.74 Å². The van der Waals surface area contributed by atoms with Crippen LogP contribution in [-0.4, -0.2) is 29.0 Å². The highest BCUT2D eigenvalue weighted by molar-refractivity contribution is 14.1. The molecule has 34 heavy (non-hydrogen) atoms. The molecule has 0 N–H and O–H groups in total. The van der Waals surface area contributed by atoms with Gasteiger partial charge in [0.1, 0.15) is 0 Å². The van der Waals surface area contributed by atoms with Crippen LogP contribution < -0.4 is 4.90 Å². The molecule has 0 aromatic heterocycles. The van der Waals surface area contributed by atoms with Crippen molar-refractivity contribution in [1.29, 1.82) is 0 Å². The minimum absolute atomic E-state index is 0.218. The number of ketones is 2. The predicted molar refractivity (Wildman–Crippen MR) is 134 cm³/mol. The first-order valence-electron chi connectivity index (χ1n) is 10.6. The van der Waals surface area contributed by atoms with Gasteiger partial charge in [0.05, 0.1) is 23.6 Å². The van der Waals surface area contributed by atoms with Gasteiger partial charge in [0.15, 0.2) is 0 Å². The Morgan fingerprint density at radius 1 is 0.794 bits per heavy atom. The number of anilines is 1. The van der Waals surface area contributed by atoms with Crippen LogP contribution in [0, 0.1) is 15.4 Å². The van der Waals surface area contributed by atoms with Gasteiger partial charge in [-0.25, -0.2) is 4.90 Å². The summed E-state index contributed by atoms with van der Waals surface area (Å²) in [6.45, 7) is 0. The Morgan fingerprint density at radius 2 is 1.38 bits per heavy atom. The molecule has 0 bridgehead atoms. The topological polar surface area (TPSA) is 80.8 Å². The monoisotopic (exact) mass is 627 g/mol. The standard InChI is InChI=1S/C26H15BrINO5/c27-14-7-5-13(6-8-14)21-19-20(25(33)29(24(19)32)16-11-9-15(28)10-12-16)26(34-21)22(30)17-3-1-2-4-18(17)23(26)31/h1-12,19-21H/t19-,20+,21+/m0/s1. The molecule has 2 aliphatic heterocycles. The lowest BCUT2D eigenvalue weighted by atomic mass is 9.77. The minimum Gasteiger partial charge on any atom is -0.349 e. The maximum absolute atomic E-state index is 13.8. The maximum Gasteiger partial charge on any atom is 0.241 e. The lowest BCUT2D eigenvalue weighted by Crippen LogP contribution is -2.51. The van der Waals surface area contributed by atoms with Gasteiger partial charge >= 0.3 is 0 Å². The zero-order chi connectivity index (χ0) is 23.8. The van der Waals surface area contributed by atoms with Crippen LogP contribution in [0.15, 0.2) is 77.3 Å². The summed E-state index contributed by atoms with van der Waals surface area (Å²) in [6.07, 6.45) is -0.925. The van der Waals surface area contributed by atoms with E-state index in [2.05, 4.69) is 38.5 Å². The van der Waals surface area contributed by atoms with E-state index in [9.17, 15) is 19.2 Å². The van der Waals surface area contributed by atoms with E-state index >= 15 is 0 Å². The van der Waals surface area contributed by atoms with Crippen LogP contribution in [0.5, 0.6) is 0 Å². The molecule has 8 heteroatoms. The van der Waals surface area contributed by atoms with Crippen molar-refractivity contribution in [2.45, 2.75) is 11.7 Å². The summed E-state index contributed by atoms with van der Waals surface area (Å²) in [5.41, 5.74) is -0.593. The number of carbonyl (C=O) groups is 4. The van der Waals surface area contributed by atoms with Gasteiger partial charge in [-0.15, -0.1) is 0 Å². The minimum atomic E-state index is -2.06. The van der Waals surface area contributed by atoms with Gasteiger partial charge in [-0.2, -0.15) is 0 Å². The Morgan fingerprint density at radius 3 is 1.97 bits per heavy atom. The Hall–Kier alpha value is -2.69. The zero-order valence-electron chi connectivity index (χ0n) is 17.4. The first kappa shape index (κ1) is 21.8. The number of rotatable bonds is 2. The molecule has 0 saturated carbocycles. The Kier molecular flexibility index (Phi) is 4.91. The van der Waals surface area contributed by atoms with Crippen molar-refractivity contribution in [3.05, 3.63) is 97.5 Å². The number of benzene rings is 3. The van der Waals surface area contributed by atoms with Crippen molar-refractivity contribution in [3.63, 3.8) is 0 Å². The summed E-state index contributed by atoms with van der Waals surface area (Å²) < 4.78 is 8.05. The third kappa shape index (κ3) is 2.82. The fraction of sp³-hybridized carbons (Fsp3) is 0.154. The number of nitrogens with zero attached hydrogens (tertiary/aromatic N) is 1. The Labute approximate surface area is 216 Å². The molecule has 0 unspecified atom stereocenters. The van der Waals surface area contributed by atoms with Crippen molar-refractivity contribution in [3.8, 4) is 0 Å². The van der Waals surface area contributed by atoms with Crippen LogP contribution in [0.2, 0.25) is 0 Å². The van der Waals surface area contributed by atoms with Gasteiger partial charge in [-0.1, -0.05) is 52.3 Å². The summed E-state index contributed by atoms with van der Waals surface area (Å²) in [5.74, 6) is -4.44. The third-order valence-electron chi connectivity index (χ3n) is 6.80. The van der Waals surface area contributed by atoms with Gasteiger partial charge in [0.2, 0.25) is 29.0 Å². The molecule has 6 nitrogen and oxygen atoms in total. The van der Waals surface area contributed by atoms with Crippen molar-refractivity contribution in [1.82, 2.24) is 0 Å². The SMILES string of the molecule is O=C1[C@@H]2[C@@H](c3ccc(Br)cc3)OC3(C(=O)c4ccccc4C3=O)[C@H]2C(=O)N1c1ccc(I)cc1. The van der Waals surface area contributed by atoms with E-state index in [1.807, 2.05) is 0 Å². The number of fused-ring (bicyclic) bond motifs is 3. The molecular weight excluding hydrogens is 613 g/mol. The normalized spacial score (nSPS) is 24.8. The second-order valence-corrected chi connectivity index (χ2v) is 10.7.